The van der Waals surface area contributed by atoms with Crippen LogP contribution in [0.5, 0.6) is 11.5 Å². The second kappa shape index (κ2) is 5.06. The SMILES string of the molecule is Cc1ccc(Oc2ccc(C(=O)O)c(Cl)c2)cn1. The predicted molar refractivity (Wildman–Crippen MR) is 67.5 cm³/mol. The molecule has 1 aromatic heterocycles. The first-order chi connectivity index (χ1) is 8.56. The molecule has 1 aromatic carbocycles. The molecule has 0 fully saturated rings. The fourth-order valence-corrected chi connectivity index (χ4v) is 1.63. The molecule has 0 aliphatic carbocycles. The summed E-state index contributed by atoms with van der Waals surface area (Å²) in [5, 5.41) is 8.98. The van der Waals surface area contributed by atoms with Gasteiger partial charge in [0.15, 0.2) is 0 Å². The highest BCUT2D eigenvalue weighted by Gasteiger charge is 2.09. The molecule has 0 unspecified atom stereocenters. The summed E-state index contributed by atoms with van der Waals surface area (Å²) >= 11 is 5.84. The first kappa shape index (κ1) is 12.4. The van der Waals surface area contributed by atoms with Gasteiger partial charge in [-0.3, -0.25) is 4.98 Å². The third kappa shape index (κ3) is 2.78. The number of aromatic nitrogens is 1. The summed E-state index contributed by atoms with van der Waals surface area (Å²) in [5.74, 6) is -0.0288. The maximum atomic E-state index is 10.8. The molecule has 1 heterocycles. The Bertz CT molecular complexity index is 581. The van der Waals surface area contributed by atoms with Gasteiger partial charge in [0, 0.05) is 11.8 Å². The van der Waals surface area contributed by atoms with Gasteiger partial charge in [0.1, 0.15) is 11.5 Å². The molecule has 2 rings (SSSR count). The van der Waals surface area contributed by atoms with Gasteiger partial charge in [-0.2, -0.15) is 0 Å². The Morgan fingerprint density at radius 1 is 1.28 bits per heavy atom. The van der Waals surface area contributed by atoms with Gasteiger partial charge in [-0.05, 0) is 31.2 Å². The molecule has 18 heavy (non-hydrogen) atoms. The number of carboxylic acids is 1. The molecule has 1 N–H and O–H groups in total. The highest BCUT2D eigenvalue weighted by molar-refractivity contribution is 6.33. The standard InChI is InChI=1S/C13H10ClNO3/c1-8-2-3-10(7-15-8)18-9-4-5-11(13(16)17)12(14)6-9/h2-7H,1H3,(H,16,17). The van der Waals surface area contributed by atoms with Crippen LogP contribution in [0.1, 0.15) is 16.1 Å². The Morgan fingerprint density at radius 3 is 2.56 bits per heavy atom. The molecule has 5 heteroatoms. The average Bonchev–Trinajstić information content (AvgIpc) is 2.32. The summed E-state index contributed by atoms with van der Waals surface area (Å²) in [6, 6.07) is 8.02. The van der Waals surface area contributed by atoms with Crippen molar-refractivity contribution in [3.05, 3.63) is 52.8 Å². The molecule has 0 aliphatic rings. The van der Waals surface area contributed by atoms with Crippen molar-refractivity contribution in [1.82, 2.24) is 4.98 Å². The number of rotatable bonds is 3. The van der Waals surface area contributed by atoms with Crippen LogP contribution in [0, 0.1) is 6.92 Å². The first-order valence-corrected chi connectivity index (χ1v) is 5.57. The van der Waals surface area contributed by atoms with Crippen molar-refractivity contribution in [3.8, 4) is 11.5 Å². The highest BCUT2D eigenvalue weighted by Crippen LogP contribution is 2.26. The average molecular weight is 264 g/mol. The van der Waals surface area contributed by atoms with Crippen LogP contribution in [0.3, 0.4) is 0 Å². The molecule has 4 nitrogen and oxygen atoms in total. The van der Waals surface area contributed by atoms with E-state index in [0.29, 0.717) is 11.5 Å². The number of carboxylic acid groups (broad SMARTS) is 1. The summed E-state index contributed by atoms with van der Waals surface area (Å²) < 4.78 is 5.51. The van der Waals surface area contributed by atoms with Crippen LogP contribution in [-0.2, 0) is 0 Å². The molecule has 0 spiro atoms. The Hall–Kier alpha value is -2.07. The zero-order valence-electron chi connectivity index (χ0n) is 9.55. The minimum atomic E-state index is -1.07. The van der Waals surface area contributed by atoms with Crippen LogP contribution in [0.2, 0.25) is 5.02 Å². The molecule has 0 radical (unpaired) electrons. The second-order valence-corrected chi connectivity index (χ2v) is 4.09. The van der Waals surface area contributed by atoms with Gasteiger partial charge in [0.25, 0.3) is 0 Å². The molecule has 0 bridgehead atoms. The molecule has 0 aliphatic heterocycles. The summed E-state index contributed by atoms with van der Waals surface area (Å²) in [6.07, 6.45) is 1.59. The molecular formula is C13H10ClNO3. The lowest BCUT2D eigenvalue weighted by Gasteiger charge is -2.07. The molecule has 2 aromatic rings. The Balaban J connectivity index is 2.22. The maximum Gasteiger partial charge on any atom is 0.337 e. The number of nitrogens with zero attached hydrogens (tertiary/aromatic N) is 1. The molecule has 0 saturated heterocycles. The van der Waals surface area contributed by atoms with E-state index in [-0.39, 0.29) is 10.6 Å². The molecular weight excluding hydrogens is 254 g/mol. The fourth-order valence-electron chi connectivity index (χ4n) is 1.38. The Morgan fingerprint density at radius 2 is 2.00 bits per heavy atom. The summed E-state index contributed by atoms with van der Waals surface area (Å²) in [5.41, 5.74) is 0.938. The highest BCUT2D eigenvalue weighted by atomic mass is 35.5. The van der Waals surface area contributed by atoms with E-state index in [4.69, 9.17) is 21.4 Å². The third-order valence-corrected chi connectivity index (χ3v) is 2.60. The molecule has 0 saturated carbocycles. The number of hydrogen-bond acceptors (Lipinski definition) is 3. The first-order valence-electron chi connectivity index (χ1n) is 5.19. The van der Waals surface area contributed by atoms with Gasteiger partial charge in [-0.1, -0.05) is 11.6 Å². The number of carbonyl (C=O) groups is 1. The van der Waals surface area contributed by atoms with Crippen LogP contribution in [0.25, 0.3) is 0 Å². The topological polar surface area (TPSA) is 59.4 Å². The number of aryl methyl sites for hydroxylation is 1. The number of halogens is 1. The van der Waals surface area contributed by atoms with Crippen molar-refractivity contribution >= 4 is 17.6 Å². The van der Waals surface area contributed by atoms with Crippen molar-refractivity contribution in [3.63, 3.8) is 0 Å². The maximum absolute atomic E-state index is 10.8. The third-order valence-electron chi connectivity index (χ3n) is 2.29. The van der Waals surface area contributed by atoms with Crippen LogP contribution < -0.4 is 4.74 Å². The van der Waals surface area contributed by atoms with Crippen LogP contribution in [-0.4, -0.2) is 16.1 Å². The van der Waals surface area contributed by atoms with Gasteiger partial charge in [0.2, 0.25) is 0 Å². The zero-order valence-corrected chi connectivity index (χ0v) is 10.3. The quantitative estimate of drug-likeness (QED) is 0.920. The van der Waals surface area contributed by atoms with Crippen molar-refractivity contribution < 1.29 is 14.6 Å². The van der Waals surface area contributed by atoms with E-state index in [1.54, 1.807) is 18.3 Å². The fraction of sp³-hybridized carbons (Fsp3) is 0.0769. The van der Waals surface area contributed by atoms with E-state index in [1.165, 1.54) is 12.1 Å². The van der Waals surface area contributed by atoms with Gasteiger partial charge in [-0.25, -0.2) is 4.79 Å². The number of aromatic carboxylic acids is 1. The number of hydrogen-bond donors (Lipinski definition) is 1. The van der Waals surface area contributed by atoms with Crippen LogP contribution in [0.4, 0.5) is 0 Å². The summed E-state index contributed by atoms with van der Waals surface area (Å²) in [6.45, 7) is 1.88. The predicted octanol–water partition coefficient (Wildman–Crippen LogP) is 3.53. The normalized spacial score (nSPS) is 10.1. The lowest BCUT2D eigenvalue weighted by molar-refractivity contribution is 0.0697. The summed E-state index contributed by atoms with van der Waals surface area (Å²) in [7, 11) is 0. The van der Waals surface area contributed by atoms with Crippen molar-refractivity contribution in [2.75, 3.05) is 0 Å². The number of benzene rings is 1. The van der Waals surface area contributed by atoms with E-state index in [1.807, 2.05) is 13.0 Å². The summed E-state index contributed by atoms with van der Waals surface area (Å²) in [4.78, 5) is 14.9. The van der Waals surface area contributed by atoms with Crippen molar-refractivity contribution in [2.45, 2.75) is 6.92 Å². The van der Waals surface area contributed by atoms with Crippen molar-refractivity contribution in [2.24, 2.45) is 0 Å². The van der Waals surface area contributed by atoms with E-state index in [0.717, 1.165) is 5.69 Å². The zero-order chi connectivity index (χ0) is 13.1. The minimum Gasteiger partial charge on any atom is -0.478 e. The molecule has 92 valence electrons. The van der Waals surface area contributed by atoms with Gasteiger partial charge < -0.3 is 9.84 Å². The largest absolute Gasteiger partial charge is 0.478 e. The number of ether oxygens (including phenoxy) is 1. The Labute approximate surface area is 109 Å². The molecule has 0 atom stereocenters. The monoisotopic (exact) mass is 263 g/mol. The lowest BCUT2D eigenvalue weighted by atomic mass is 10.2. The second-order valence-electron chi connectivity index (χ2n) is 3.68. The lowest BCUT2D eigenvalue weighted by Crippen LogP contribution is -1.97. The van der Waals surface area contributed by atoms with Gasteiger partial charge in [-0.15, -0.1) is 0 Å². The molecule has 0 amide bonds. The van der Waals surface area contributed by atoms with Crippen LogP contribution in [0.15, 0.2) is 36.5 Å². The smallest absolute Gasteiger partial charge is 0.337 e. The number of pyridine rings is 1. The Kier molecular flexibility index (Phi) is 3.48. The van der Waals surface area contributed by atoms with E-state index < -0.39 is 5.97 Å². The van der Waals surface area contributed by atoms with Crippen LogP contribution >= 0.6 is 11.6 Å². The van der Waals surface area contributed by atoms with E-state index >= 15 is 0 Å². The van der Waals surface area contributed by atoms with E-state index in [2.05, 4.69) is 4.98 Å². The van der Waals surface area contributed by atoms with Gasteiger partial charge >= 0.3 is 5.97 Å². The minimum absolute atomic E-state index is 0.0473. The van der Waals surface area contributed by atoms with Gasteiger partial charge in [0.05, 0.1) is 16.8 Å². The van der Waals surface area contributed by atoms with E-state index in [9.17, 15) is 4.79 Å². The van der Waals surface area contributed by atoms with Crippen molar-refractivity contribution in [1.29, 1.82) is 0 Å².